The summed E-state index contributed by atoms with van der Waals surface area (Å²) in [5.74, 6) is 0. The molecular weight excluding hydrogens is 136 g/mol. The fourth-order valence-electron chi connectivity index (χ4n) is 2.33. The van der Waals surface area contributed by atoms with Crippen LogP contribution in [0.25, 0.3) is 0 Å². The van der Waals surface area contributed by atoms with Crippen molar-refractivity contribution in [2.75, 3.05) is 26.7 Å². The third-order valence-corrected chi connectivity index (χ3v) is 3.25. The summed E-state index contributed by atoms with van der Waals surface area (Å²) in [4.78, 5) is 5.15. The molecule has 2 nitrogen and oxygen atoms in total. The molecule has 0 unspecified atom stereocenters. The molecular formula is C9H18N2. The van der Waals surface area contributed by atoms with Crippen molar-refractivity contribution < 1.29 is 0 Å². The predicted molar refractivity (Wildman–Crippen MR) is 46.7 cm³/mol. The van der Waals surface area contributed by atoms with Gasteiger partial charge in [0.25, 0.3) is 0 Å². The summed E-state index contributed by atoms with van der Waals surface area (Å²) in [6.45, 7) is 6.26. The largest absolute Gasteiger partial charge is 0.301 e. The molecule has 0 amide bonds. The molecule has 2 aliphatic rings. The molecule has 0 radical (unpaired) electrons. The third-order valence-electron chi connectivity index (χ3n) is 3.25. The first-order valence-corrected chi connectivity index (χ1v) is 4.71. The van der Waals surface area contributed by atoms with Crippen LogP contribution in [-0.4, -0.2) is 48.6 Å². The summed E-state index contributed by atoms with van der Waals surface area (Å²) in [5.41, 5.74) is 0. The molecule has 2 saturated heterocycles. The summed E-state index contributed by atoms with van der Waals surface area (Å²) >= 11 is 0. The van der Waals surface area contributed by atoms with Gasteiger partial charge in [0.1, 0.15) is 0 Å². The fourth-order valence-corrected chi connectivity index (χ4v) is 2.33. The van der Waals surface area contributed by atoms with Crippen molar-refractivity contribution >= 4 is 0 Å². The number of piperazine rings is 1. The molecule has 2 atom stereocenters. The van der Waals surface area contributed by atoms with E-state index in [-0.39, 0.29) is 0 Å². The second-order valence-electron chi connectivity index (χ2n) is 4.08. The summed E-state index contributed by atoms with van der Waals surface area (Å²) in [7, 11) is 2.25. The van der Waals surface area contributed by atoms with Crippen LogP contribution in [0.2, 0.25) is 0 Å². The van der Waals surface area contributed by atoms with Crippen molar-refractivity contribution in [1.29, 1.82) is 0 Å². The Bertz CT molecular complexity index is 130. The first-order chi connectivity index (χ1) is 5.27. The van der Waals surface area contributed by atoms with E-state index >= 15 is 0 Å². The minimum absolute atomic E-state index is 0.768. The van der Waals surface area contributed by atoms with E-state index in [4.69, 9.17) is 0 Å². The maximum Gasteiger partial charge on any atom is 0.0224 e. The van der Waals surface area contributed by atoms with E-state index in [0.29, 0.717) is 0 Å². The molecule has 11 heavy (non-hydrogen) atoms. The fraction of sp³-hybridized carbons (Fsp3) is 1.00. The Morgan fingerprint density at radius 2 is 2.09 bits per heavy atom. The monoisotopic (exact) mass is 154 g/mol. The Morgan fingerprint density at radius 1 is 1.27 bits per heavy atom. The molecule has 0 spiro atoms. The topological polar surface area (TPSA) is 6.48 Å². The van der Waals surface area contributed by atoms with Crippen LogP contribution in [0.15, 0.2) is 0 Å². The molecule has 0 aromatic carbocycles. The molecule has 2 fully saturated rings. The molecule has 0 aromatic heterocycles. The van der Waals surface area contributed by atoms with Crippen LogP contribution in [0, 0.1) is 0 Å². The van der Waals surface area contributed by atoms with E-state index in [1.165, 1.54) is 32.5 Å². The number of nitrogens with zero attached hydrogens (tertiary/aromatic N) is 2. The zero-order valence-corrected chi connectivity index (χ0v) is 7.58. The van der Waals surface area contributed by atoms with Gasteiger partial charge in [0.2, 0.25) is 0 Å². The Balaban J connectivity index is 2.00. The summed E-state index contributed by atoms with van der Waals surface area (Å²) < 4.78 is 0. The SMILES string of the molecule is C[C@H]1CN2CCC[C@H]2CN1C. The van der Waals surface area contributed by atoms with Gasteiger partial charge in [-0.05, 0) is 33.4 Å². The minimum Gasteiger partial charge on any atom is -0.301 e. The van der Waals surface area contributed by atoms with Crippen LogP contribution in [0.5, 0.6) is 0 Å². The van der Waals surface area contributed by atoms with Crippen molar-refractivity contribution in [2.45, 2.75) is 31.8 Å². The highest BCUT2D eigenvalue weighted by molar-refractivity contribution is 4.89. The number of rotatable bonds is 0. The van der Waals surface area contributed by atoms with Gasteiger partial charge >= 0.3 is 0 Å². The van der Waals surface area contributed by atoms with Crippen LogP contribution in [0.3, 0.4) is 0 Å². The Morgan fingerprint density at radius 3 is 2.91 bits per heavy atom. The molecule has 2 heteroatoms. The molecule has 0 N–H and O–H groups in total. The van der Waals surface area contributed by atoms with Crippen LogP contribution < -0.4 is 0 Å². The normalized spacial score (nSPS) is 40.9. The number of fused-ring (bicyclic) bond motifs is 1. The van der Waals surface area contributed by atoms with E-state index in [2.05, 4.69) is 23.8 Å². The highest BCUT2D eigenvalue weighted by Gasteiger charge is 2.32. The Hall–Kier alpha value is -0.0800. The van der Waals surface area contributed by atoms with Crippen LogP contribution in [-0.2, 0) is 0 Å². The van der Waals surface area contributed by atoms with Crippen LogP contribution in [0.1, 0.15) is 19.8 Å². The zero-order valence-electron chi connectivity index (χ0n) is 7.58. The van der Waals surface area contributed by atoms with Gasteiger partial charge in [-0.3, -0.25) is 4.90 Å². The minimum atomic E-state index is 0.768. The molecule has 64 valence electrons. The maximum absolute atomic E-state index is 2.66. The quantitative estimate of drug-likeness (QED) is 0.509. The summed E-state index contributed by atoms with van der Waals surface area (Å²) in [6.07, 6.45) is 2.85. The maximum atomic E-state index is 2.66. The average molecular weight is 154 g/mol. The highest BCUT2D eigenvalue weighted by Crippen LogP contribution is 2.23. The number of hydrogen-bond donors (Lipinski definition) is 0. The van der Waals surface area contributed by atoms with Crippen LogP contribution in [0.4, 0.5) is 0 Å². The number of likely N-dealkylation sites (N-methyl/N-ethyl adjacent to an activating group) is 1. The lowest BCUT2D eigenvalue weighted by atomic mass is 10.1. The highest BCUT2D eigenvalue weighted by atomic mass is 15.3. The first kappa shape index (κ1) is 7.56. The lowest BCUT2D eigenvalue weighted by Crippen LogP contribution is -2.53. The van der Waals surface area contributed by atoms with E-state index in [0.717, 1.165) is 12.1 Å². The molecule has 0 bridgehead atoms. The standard InChI is InChI=1S/C9H18N2/c1-8-6-11-5-3-4-9(11)7-10(8)2/h8-9H,3-7H2,1-2H3/t8-,9-/m0/s1. The van der Waals surface area contributed by atoms with Gasteiger partial charge < -0.3 is 4.90 Å². The summed E-state index contributed by atoms with van der Waals surface area (Å²) in [5, 5.41) is 0. The second kappa shape index (κ2) is 2.76. The third kappa shape index (κ3) is 1.30. The van der Waals surface area contributed by atoms with Gasteiger partial charge in [0.15, 0.2) is 0 Å². The van der Waals surface area contributed by atoms with Crippen molar-refractivity contribution in [1.82, 2.24) is 9.80 Å². The first-order valence-electron chi connectivity index (χ1n) is 4.71. The van der Waals surface area contributed by atoms with Gasteiger partial charge in [-0.15, -0.1) is 0 Å². The van der Waals surface area contributed by atoms with E-state index in [1.54, 1.807) is 0 Å². The lowest BCUT2D eigenvalue weighted by Gasteiger charge is -2.40. The van der Waals surface area contributed by atoms with Crippen molar-refractivity contribution in [2.24, 2.45) is 0 Å². The molecule has 2 aliphatic heterocycles. The molecule has 2 heterocycles. The van der Waals surface area contributed by atoms with Crippen molar-refractivity contribution in [3.63, 3.8) is 0 Å². The van der Waals surface area contributed by atoms with E-state index in [9.17, 15) is 0 Å². The molecule has 2 rings (SSSR count). The smallest absolute Gasteiger partial charge is 0.0224 e. The second-order valence-corrected chi connectivity index (χ2v) is 4.08. The van der Waals surface area contributed by atoms with E-state index < -0.39 is 0 Å². The van der Waals surface area contributed by atoms with Gasteiger partial charge in [-0.1, -0.05) is 0 Å². The molecule has 0 saturated carbocycles. The van der Waals surface area contributed by atoms with Gasteiger partial charge in [-0.2, -0.15) is 0 Å². The zero-order chi connectivity index (χ0) is 7.84. The predicted octanol–water partition coefficient (Wildman–Crippen LogP) is 0.785. The van der Waals surface area contributed by atoms with E-state index in [1.807, 2.05) is 0 Å². The van der Waals surface area contributed by atoms with Crippen LogP contribution >= 0.6 is 0 Å². The molecule has 0 aliphatic carbocycles. The van der Waals surface area contributed by atoms with Crippen molar-refractivity contribution in [3.05, 3.63) is 0 Å². The lowest BCUT2D eigenvalue weighted by molar-refractivity contribution is 0.0795. The van der Waals surface area contributed by atoms with Gasteiger partial charge in [0, 0.05) is 25.2 Å². The molecule has 0 aromatic rings. The number of hydrogen-bond acceptors (Lipinski definition) is 2. The average Bonchev–Trinajstić information content (AvgIpc) is 2.36. The van der Waals surface area contributed by atoms with Crippen molar-refractivity contribution in [3.8, 4) is 0 Å². The Labute approximate surface area is 69.2 Å². The summed E-state index contributed by atoms with van der Waals surface area (Å²) in [6, 6.07) is 1.65. The van der Waals surface area contributed by atoms with Gasteiger partial charge in [0.05, 0.1) is 0 Å². The van der Waals surface area contributed by atoms with Gasteiger partial charge in [-0.25, -0.2) is 0 Å². The Kier molecular flexibility index (Phi) is 1.90.